The van der Waals surface area contributed by atoms with E-state index in [-0.39, 0.29) is 0 Å². The number of ether oxygens (including phenoxy) is 10. The number of hydrogen-bond donors (Lipinski definition) is 0. The molecular weight excluding hydrogens is 1520 g/mol. The van der Waals surface area contributed by atoms with Gasteiger partial charge in [-0.05, 0) is 71.4 Å². The summed E-state index contributed by atoms with van der Waals surface area (Å²) >= 11 is 38.0. The molecule has 0 aliphatic carbocycles. The molecule has 0 amide bonds. The summed E-state index contributed by atoms with van der Waals surface area (Å²) in [5.74, 6) is 7.72. The summed E-state index contributed by atoms with van der Waals surface area (Å²) in [5, 5.41) is 3.59. The van der Waals surface area contributed by atoms with Crippen LogP contribution in [-0.4, -0.2) is 152 Å². The average Bonchev–Trinajstić information content (AvgIpc) is 2.59. The van der Waals surface area contributed by atoms with Crippen LogP contribution < -0.4 is 0 Å². The van der Waals surface area contributed by atoms with Gasteiger partial charge in [-0.1, -0.05) is 198 Å². The van der Waals surface area contributed by atoms with E-state index in [1.165, 1.54) is 165 Å². The highest BCUT2D eigenvalue weighted by Crippen LogP contribution is 2.68. The Morgan fingerprint density at radius 3 is 0.711 bits per heavy atom. The molecule has 90 heavy (non-hydrogen) atoms. The molecule has 0 saturated heterocycles. The van der Waals surface area contributed by atoms with E-state index < -0.39 is 0 Å². The second-order valence-electron chi connectivity index (χ2n) is 20.2. The molecule has 0 radical (unpaired) electrons. The van der Waals surface area contributed by atoms with Crippen molar-refractivity contribution in [3.63, 3.8) is 0 Å². The van der Waals surface area contributed by atoms with Crippen LogP contribution in [0.1, 0.15) is 117 Å². The molecule has 9 heterocycles. The predicted molar refractivity (Wildman–Crippen MR) is 428 cm³/mol. The van der Waals surface area contributed by atoms with Crippen LogP contribution in [0.3, 0.4) is 0 Å². The fourth-order valence-electron chi connectivity index (χ4n) is 8.66. The van der Waals surface area contributed by atoms with E-state index in [4.69, 9.17) is 47.4 Å². The quantitative estimate of drug-likeness (QED) is 0.108. The second kappa shape index (κ2) is 47.7. The summed E-state index contributed by atoms with van der Waals surface area (Å²) in [7, 11) is 0. The van der Waals surface area contributed by atoms with Crippen molar-refractivity contribution in [1.82, 2.24) is 0 Å². The third-order valence-electron chi connectivity index (χ3n) is 13.2. The molecule has 0 saturated carbocycles. The number of hydrogen-bond acceptors (Lipinski definition) is 30. The summed E-state index contributed by atoms with van der Waals surface area (Å²) in [6, 6.07) is 0. The van der Waals surface area contributed by atoms with Crippen LogP contribution in [0.15, 0.2) is 79.7 Å². The molecule has 10 nitrogen and oxygen atoms in total. The molecule has 9 aliphatic heterocycles. The van der Waals surface area contributed by atoms with Crippen molar-refractivity contribution in [3.8, 4) is 0 Å². The summed E-state index contributed by atoms with van der Waals surface area (Å²) in [6.07, 6.45) is 21.8. The molecule has 0 aromatic carbocycles. The monoisotopic (exact) mass is 1610 g/mol. The molecule has 9 aliphatic rings. The highest BCUT2D eigenvalue weighted by Gasteiger charge is 2.36. The van der Waals surface area contributed by atoms with Crippen LogP contribution in [-0.2, 0) is 47.4 Å². The van der Waals surface area contributed by atoms with E-state index in [0.29, 0.717) is 106 Å². The van der Waals surface area contributed by atoms with Gasteiger partial charge in [0, 0.05) is 34.5 Å². The molecule has 0 atom stereocenters. The highest BCUT2D eigenvalue weighted by atomic mass is 32.3. The topological polar surface area (TPSA) is 92.3 Å². The largest absolute Gasteiger partial charge is 0.480 e. The fraction of sp³-hybridized carbons (Fsp3) is 0.700. The van der Waals surface area contributed by atoms with Crippen molar-refractivity contribution in [1.29, 1.82) is 0 Å². The molecule has 30 heteroatoms. The lowest BCUT2D eigenvalue weighted by Crippen LogP contribution is -2.08. The molecule has 0 aromatic heterocycles. The summed E-state index contributed by atoms with van der Waals surface area (Å²) in [5.41, 5.74) is 0. The van der Waals surface area contributed by atoms with Gasteiger partial charge < -0.3 is 47.4 Å². The number of rotatable bonds is 20. The number of thioether (sulfide) groups is 20. The zero-order valence-corrected chi connectivity index (χ0v) is 67.9. The first-order chi connectivity index (χ1) is 44.6. The lowest BCUT2D eigenvalue weighted by atomic mass is 10.1. The molecule has 506 valence electrons. The van der Waals surface area contributed by atoms with Gasteiger partial charge in [0.2, 0.25) is 20.4 Å². The molecule has 9 rings (SSSR count). The third-order valence-corrected chi connectivity index (χ3v) is 41.6. The molecule has 0 bridgehead atoms. The molecule has 0 aromatic rings. The maximum Gasteiger partial charge on any atom is 0.208 e. The first-order valence-corrected chi connectivity index (χ1v) is 49.1. The van der Waals surface area contributed by atoms with E-state index in [0.717, 1.165) is 54.9 Å². The Kier molecular flexibility index (Phi) is 41.3. The van der Waals surface area contributed by atoms with Gasteiger partial charge in [0.1, 0.15) is 26.4 Å². The van der Waals surface area contributed by atoms with Crippen LogP contribution in [0.2, 0.25) is 0 Å². The molecule has 0 unspecified atom stereocenters. The maximum absolute atomic E-state index is 6.22. The molecule has 0 N–H and O–H groups in total. The van der Waals surface area contributed by atoms with Gasteiger partial charge in [-0.3, -0.25) is 0 Å². The maximum atomic E-state index is 6.22. The SMILES string of the molecule is CCCCCCCCCCSC1=C(SCCCCCCCCCC)SC(=C2SC3=C(SCCOCCOCCSC4=C(SCCOCCOCCSC5=C(SCCOCCOCCS3)SC(=C3SC6=C(OCCO6)S3)S5)SC(=C3SC5=C(OCCO5)S3)S4)S2)S1. The van der Waals surface area contributed by atoms with Gasteiger partial charge >= 0.3 is 0 Å². The minimum atomic E-state index is 0.574. The van der Waals surface area contributed by atoms with Crippen molar-refractivity contribution in [2.75, 3.05) is 152 Å². The van der Waals surface area contributed by atoms with Crippen LogP contribution >= 0.6 is 235 Å². The Bertz CT molecular complexity index is 2340. The Morgan fingerprint density at radius 2 is 0.456 bits per heavy atom. The van der Waals surface area contributed by atoms with Crippen molar-refractivity contribution in [2.24, 2.45) is 0 Å². The Balaban J connectivity index is 0.784. The van der Waals surface area contributed by atoms with E-state index in [9.17, 15) is 0 Å². The van der Waals surface area contributed by atoms with Crippen LogP contribution in [0, 0.1) is 0 Å². The lowest BCUT2D eigenvalue weighted by molar-refractivity contribution is 0.0605. The van der Waals surface area contributed by atoms with Gasteiger partial charge in [-0.25, -0.2) is 0 Å². The average molecular weight is 1610 g/mol. The molecule has 0 fully saturated rings. The normalized spacial score (nSPS) is 22.9. The Labute approximate surface area is 623 Å². The van der Waals surface area contributed by atoms with Gasteiger partial charge in [0.15, 0.2) is 0 Å². The third kappa shape index (κ3) is 28.5. The Morgan fingerprint density at radius 1 is 0.233 bits per heavy atom. The van der Waals surface area contributed by atoms with Crippen LogP contribution in [0.4, 0.5) is 0 Å². The van der Waals surface area contributed by atoms with Gasteiger partial charge in [0.25, 0.3) is 0 Å². The zero-order chi connectivity index (χ0) is 61.9. The first-order valence-electron chi connectivity index (χ1n) is 31.4. The van der Waals surface area contributed by atoms with Crippen molar-refractivity contribution >= 4 is 235 Å². The van der Waals surface area contributed by atoms with Crippen molar-refractivity contribution < 1.29 is 47.4 Å². The molecule has 0 spiro atoms. The first kappa shape index (κ1) is 77.8. The summed E-state index contributed by atoms with van der Waals surface area (Å²) in [4.78, 5) is 0. The minimum Gasteiger partial charge on any atom is -0.480 e. The Hall–Kier alpha value is 3.62. The molecular formula is C60H86O10S20. The van der Waals surface area contributed by atoms with Gasteiger partial charge in [0.05, 0.1) is 139 Å². The standard InChI is InChI=1S/C60H86O10S20/c1-3-5-7-9-11-13-15-17-35-71-47-48(72-36-18-16-14-12-10-8-6-4-2)84-59(83-47)60-89-53-54(90-60)78-42-34-66-24-22-64-32-40-76-52-50(86-58(88-52)56-81-45-46(82-56)70-28-27-69-45)74-38-30-62-20-19-61-29-37-73-49-51(75-39-31-63-21-23-65-33-41-77-53)87-57(85-49)55-79-43-44(80-55)68-26-25-67-43/h3-42H2,1-2H3. The van der Waals surface area contributed by atoms with E-state index in [1.54, 1.807) is 55.5 Å². The number of unbranched alkanes of at least 4 members (excludes halogenated alkanes) is 14. The second-order valence-corrected chi connectivity index (χ2v) is 44.8. The van der Waals surface area contributed by atoms with E-state index >= 15 is 0 Å². The lowest BCUT2D eigenvalue weighted by Gasteiger charge is -2.13. The predicted octanol–water partition coefficient (Wildman–Crippen LogP) is 23.4. The van der Waals surface area contributed by atoms with Crippen LogP contribution in [0.5, 0.6) is 0 Å². The van der Waals surface area contributed by atoms with E-state index in [2.05, 4.69) is 60.9 Å². The summed E-state index contributed by atoms with van der Waals surface area (Å²) in [6.45, 7) is 14.6. The van der Waals surface area contributed by atoms with E-state index in [1.807, 2.05) is 141 Å². The van der Waals surface area contributed by atoms with Gasteiger partial charge in [-0.2, -0.15) is 0 Å². The fourth-order valence-corrected chi connectivity index (χ4v) is 37.2. The van der Waals surface area contributed by atoms with Gasteiger partial charge in [-0.15, -0.1) is 94.1 Å². The zero-order valence-electron chi connectivity index (χ0n) is 51.5. The highest BCUT2D eigenvalue weighted by molar-refractivity contribution is 8.46. The van der Waals surface area contributed by atoms with Crippen LogP contribution in [0.25, 0.3) is 0 Å². The summed E-state index contributed by atoms with van der Waals surface area (Å²) < 4.78 is 80.0. The van der Waals surface area contributed by atoms with Crippen molar-refractivity contribution in [3.05, 3.63) is 79.7 Å². The smallest absolute Gasteiger partial charge is 0.208 e. The minimum absolute atomic E-state index is 0.574. The van der Waals surface area contributed by atoms with Crippen molar-refractivity contribution in [2.45, 2.75) is 117 Å².